The van der Waals surface area contributed by atoms with Crippen molar-refractivity contribution in [3.63, 3.8) is 0 Å². The minimum atomic E-state index is -1.42. The van der Waals surface area contributed by atoms with E-state index in [1.165, 1.54) is 37.4 Å². The van der Waals surface area contributed by atoms with Gasteiger partial charge >= 0.3 is 0 Å². The van der Waals surface area contributed by atoms with E-state index in [0.29, 0.717) is 32.8 Å². The number of β-amino-alcohol motifs (C(OH)–C–C–N with tert-alkyl or cyclic N) is 1. The summed E-state index contributed by atoms with van der Waals surface area (Å²) in [6, 6.07) is 3.54. The van der Waals surface area contributed by atoms with Crippen LogP contribution < -0.4 is 0 Å². The molecule has 5 nitrogen and oxygen atoms in total. The van der Waals surface area contributed by atoms with E-state index in [-0.39, 0.29) is 6.61 Å². The Morgan fingerprint density at radius 3 is 2.00 bits per heavy atom. The molecule has 0 bridgehead atoms. The van der Waals surface area contributed by atoms with E-state index in [4.69, 9.17) is 9.47 Å². The molecule has 0 saturated carbocycles. The van der Waals surface area contributed by atoms with Crippen LogP contribution in [0.25, 0.3) is 0 Å². The second kappa shape index (κ2) is 14.6. The van der Waals surface area contributed by atoms with E-state index in [9.17, 15) is 10.2 Å². The molecular weight excluding hydrogens is 358 g/mol. The molecule has 0 aromatic carbocycles. The van der Waals surface area contributed by atoms with Gasteiger partial charge in [0.25, 0.3) is 0 Å². The fourth-order valence-electron chi connectivity index (χ4n) is 3.48. The van der Waals surface area contributed by atoms with Crippen LogP contribution in [0.2, 0.25) is 18.1 Å². The molecule has 2 N–H and O–H groups in total. The first-order valence-corrected chi connectivity index (χ1v) is 13.4. The lowest BCUT2D eigenvalue weighted by molar-refractivity contribution is -0.0234. The number of piperidine rings is 1. The summed E-state index contributed by atoms with van der Waals surface area (Å²) in [7, 11) is -1.42. The fourth-order valence-corrected chi connectivity index (χ4v) is 5.99. The summed E-state index contributed by atoms with van der Waals surface area (Å²) in [6.45, 7) is 11.0. The van der Waals surface area contributed by atoms with Crippen LogP contribution in [0, 0.1) is 11.5 Å². The third kappa shape index (κ3) is 10.6. The molecule has 0 amide bonds. The molecule has 0 aromatic rings. The van der Waals surface area contributed by atoms with Crippen molar-refractivity contribution in [3.05, 3.63) is 0 Å². The molecule has 1 rings (SSSR count). The molecule has 0 aromatic heterocycles. The maximum absolute atomic E-state index is 10.0. The van der Waals surface area contributed by atoms with Gasteiger partial charge in [0, 0.05) is 13.0 Å². The molecule has 27 heavy (non-hydrogen) atoms. The van der Waals surface area contributed by atoms with Gasteiger partial charge in [0.2, 0.25) is 0 Å². The van der Waals surface area contributed by atoms with Crippen molar-refractivity contribution < 1.29 is 19.7 Å². The van der Waals surface area contributed by atoms with Gasteiger partial charge in [-0.3, -0.25) is 0 Å². The number of rotatable bonds is 13. The van der Waals surface area contributed by atoms with Gasteiger partial charge in [-0.25, -0.2) is 0 Å². The predicted octanol–water partition coefficient (Wildman–Crippen LogP) is 2.67. The van der Waals surface area contributed by atoms with Crippen LogP contribution in [-0.4, -0.2) is 81.5 Å². The highest BCUT2D eigenvalue weighted by molar-refractivity contribution is 6.87. The van der Waals surface area contributed by atoms with Crippen LogP contribution in [0.3, 0.4) is 0 Å². The smallest absolute Gasteiger partial charge is 0.137 e. The molecule has 0 aliphatic carbocycles. The predicted molar refractivity (Wildman–Crippen MR) is 114 cm³/mol. The van der Waals surface area contributed by atoms with E-state index < -0.39 is 20.3 Å². The normalized spacial score (nSPS) is 18.0. The maximum atomic E-state index is 10.0. The third-order valence-electron chi connectivity index (χ3n) is 5.63. The van der Waals surface area contributed by atoms with Crippen molar-refractivity contribution >= 4 is 8.07 Å². The van der Waals surface area contributed by atoms with E-state index >= 15 is 0 Å². The quantitative estimate of drug-likeness (QED) is 0.283. The Morgan fingerprint density at radius 1 is 0.889 bits per heavy atom. The average Bonchev–Trinajstić information content (AvgIpc) is 2.69. The zero-order valence-corrected chi connectivity index (χ0v) is 18.7. The molecule has 158 valence electrons. The molecule has 1 fully saturated rings. The van der Waals surface area contributed by atoms with Crippen molar-refractivity contribution in [3.8, 4) is 11.5 Å². The standard InChI is InChI=1S/C21H41NO4Si/c1-4-27(5-2,6-3)16-10-11-20(23)18-25-14-15-26-19-21(24)17-22-12-8-7-9-13-22/h20-21,23-24H,4-9,11-15,17-19H2,1-3H3/t20-,21+/m0/s1. The number of hydrogen-bond acceptors (Lipinski definition) is 5. The highest BCUT2D eigenvalue weighted by atomic mass is 28.3. The van der Waals surface area contributed by atoms with Crippen LogP contribution in [0.4, 0.5) is 0 Å². The van der Waals surface area contributed by atoms with Gasteiger partial charge in [-0.15, -0.1) is 11.5 Å². The largest absolute Gasteiger partial charge is 0.390 e. The van der Waals surface area contributed by atoms with Crippen molar-refractivity contribution in [2.75, 3.05) is 46.1 Å². The van der Waals surface area contributed by atoms with Gasteiger partial charge in [0.1, 0.15) is 8.07 Å². The lowest BCUT2D eigenvalue weighted by atomic mass is 10.1. The van der Waals surface area contributed by atoms with Crippen LogP contribution >= 0.6 is 0 Å². The topological polar surface area (TPSA) is 62.2 Å². The van der Waals surface area contributed by atoms with E-state index in [1.807, 2.05) is 0 Å². The minimum Gasteiger partial charge on any atom is -0.390 e. The van der Waals surface area contributed by atoms with E-state index in [1.54, 1.807) is 0 Å². The van der Waals surface area contributed by atoms with Crippen LogP contribution in [0.15, 0.2) is 0 Å². The van der Waals surface area contributed by atoms with Gasteiger partial charge < -0.3 is 24.6 Å². The molecule has 0 spiro atoms. The molecule has 1 heterocycles. The van der Waals surface area contributed by atoms with Gasteiger partial charge in [0.05, 0.1) is 38.6 Å². The van der Waals surface area contributed by atoms with Gasteiger partial charge in [0.15, 0.2) is 0 Å². The lowest BCUT2D eigenvalue weighted by Gasteiger charge is -2.28. The Bertz CT molecular complexity index is 419. The Labute approximate surface area is 167 Å². The SMILES string of the molecule is CC[Si](C#CC[C@H](O)COCCOC[C@H](O)CN1CCCCC1)(CC)CC. The molecule has 0 radical (unpaired) electrons. The maximum Gasteiger partial charge on any atom is 0.137 e. The molecule has 2 atom stereocenters. The Morgan fingerprint density at radius 2 is 1.44 bits per heavy atom. The number of hydrogen-bond donors (Lipinski definition) is 2. The number of nitrogens with zero attached hydrogens (tertiary/aromatic N) is 1. The molecular formula is C21H41NO4Si. The highest BCUT2D eigenvalue weighted by Gasteiger charge is 2.24. The summed E-state index contributed by atoms with van der Waals surface area (Å²) in [5.41, 5.74) is 3.49. The van der Waals surface area contributed by atoms with E-state index in [0.717, 1.165) is 13.1 Å². The summed E-state index contributed by atoms with van der Waals surface area (Å²) < 4.78 is 10.9. The third-order valence-corrected chi connectivity index (χ3v) is 10.4. The number of likely N-dealkylation sites (tertiary alicyclic amines) is 1. The zero-order chi connectivity index (χ0) is 20.0. The summed E-state index contributed by atoms with van der Waals surface area (Å²) in [6.07, 6.45) is 3.25. The summed E-state index contributed by atoms with van der Waals surface area (Å²) in [5.74, 6) is 3.20. The summed E-state index contributed by atoms with van der Waals surface area (Å²) in [4.78, 5) is 2.30. The van der Waals surface area contributed by atoms with Crippen LogP contribution in [0.1, 0.15) is 46.5 Å². The zero-order valence-electron chi connectivity index (χ0n) is 17.7. The second-order valence-electron chi connectivity index (χ2n) is 7.67. The molecule has 0 unspecified atom stereocenters. The second-order valence-corrected chi connectivity index (χ2v) is 12.6. The highest BCUT2D eigenvalue weighted by Crippen LogP contribution is 2.18. The summed E-state index contributed by atoms with van der Waals surface area (Å²) >= 11 is 0. The number of aliphatic hydroxyl groups excluding tert-OH is 2. The average molecular weight is 400 g/mol. The molecule has 1 aliphatic heterocycles. The van der Waals surface area contributed by atoms with Gasteiger partial charge in [-0.1, -0.05) is 27.2 Å². The van der Waals surface area contributed by atoms with Gasteiger partial charge in [-0.2, -0.15) is 0 Å². The minimum absolute atomic E-state index is 0.285. The van der Waals surface area contributed by atoms with Crippen LogP contribution in [0.5, 0.6) is 0 Å². The van der Waals surface area contributed by atoms with Crippen molar-refractivity contribution in [2.24, 2.45) is 0 Å². The van der Waals surface area contributed by atoms with Crippen molar-refractivity contribution in [2.45, 2.75) is 76.8 Å². The van der Waals surface area contributed by atoms with Gasteiger partial charge in [-0.05, 0) is 44.1 Å². The number of aliphatic hydroxyl groups is 2. The first kappa shape index (κ1) is 24.6. The molecule has 1 saturated heterocycles. The Balaban J connectivity index is 2.05. The fraction of sp³-hybridized carbons (Fsp3) is 0.905. The van der Waals surface area contributed by atoms with Crippen molar-refractivity contribution in [1.29, 1.82) is 0 Å². The Kier molecular flexibility index (Phi) is 13.3. The monoisotopic (exact) mass is 399 g/mol. The molecule has 1 aliphatic rings. The first-order chi connectivity index (χ1) is 13.0. The number of ether oxygens (including phenoxy) is 2. The lowest BCUT2D eigenvalue weighted by Crippen LogP contribution is -2.38. The first-order valence-electron chi connectivity index (χ1n) is 10.8. The van der Waals surface area contributed by atoms with E-state index in [2.05, 4.69) is 37.1 Å². The summed E-state index contributed by atoms with van der Waals surface area (Å²) in [5, 5.41) is 20.0. The Hall–Kier alpha value is -0.423. The van der Waals surface area contributed by atoms with Crippen LogP contribution in [-0.2, 0) is 9.47 Å². The molecule has 6 heteroatoms. The van der Waals surface area contributed by atoms with Crippen molar-refractivity contribution in [1.82, 2.24) is 4.90 Å².